The number of carbonyl (C=O) groups is 1. The summed E-state index contributed by atoms with van der Waals surface area (Å²) in [6.45, 7) is 2.10. The lowest BCUT2D eigenvalue weighted by atomic mass is 10.0. The molecular weight excluding hydrogens is 212 g/mol. The molecule has 3 atom stereocenters. The van der Waals surface area contributed by atoms with E-state index in [9.17, 15) is 4.79 Å². The summed E-state index contributed by atoms with van der Waals surface area (Å²) in [5.41, 5.74) is 8.14. The van der Waals surface area contributed by atoms with Crippen LogP contribution in [0.3, 0.4) is 0 Å². The predicted octanol–water partition coefficient (Wildman–Crippen LogP) is 1.14. The van der Waals surface area contributed by atoms with Crippen molar-refractivity contribution in [1.82, 2.24) is 5.32 Å². The van der Waals surface area contributed by atoms with E-state index in [1.807, 2.05) is 0 Å². The van der Waals surface area contributed by atoms with E-state index >= 15 is 0 Å². The van der Waals surface area contributed by atoms with E-state index in [1.54, 1.807) is 0 Å². The minimum Gasteiger partial charge on any atom is -0.368 e. The fourth-order valence-corrected chi connectivity index (χ4v) is 3.08. The van der Waals surface area contributed by atoms with E-state index in [-0.39, 0.29) is 17.5 Å². The molecule has 1 aromatic rings. The highest BCUT2D eigenvalue weighted by Crippen LogP contribution is 2.53. The van der Waals surface area contributed by atoms with Crippen LogP contribution in [0.25, 0.3) is 0 Å². The molecule has 17 heavy (non-hydrogen) atoms. The second-order valence-corrected chi connectivity index (χ2v) is 5.55. The van der Waals surface area contributed by atoms with Crippen molar-refractivity contribution < 1.29 is 4.79 Å². The van der Waals surface area contributed by atoms with Crippen molar-refractivity contribution in [2.45, 2.75) is 37.8 Å². The van der Waals surface area contributed by atoms with Crippen molar-refractivity contribution in [3.05, 3.63) is 35.4 Å². The van der Waals surface area contributed by atoms with Crippen molar-refractivity contribution in [1.29, 1.82) is 0 Å². The van der Waals surface area contributed by atoms with Gasteiger partial charge in [-0.1, -0.05) is 29.8 Å². The van der Waals surface area contributed by atoms with Gasteiger partial charge in [0.05, 0.1) is 6.04 Å². The van der Waals surface area contributed by atoms with Crippen LogP contribution in [0.1, 0.15) is 24.0 Å². The van der Waals surface area contributed by atoms with Gasteiger partial charge in [-0.2, -0.15) is 0 Å². The van der Waals surface area contributed by atoms with Gasteiger partial charge in [0, 0.05) is 5.54 Å². The predicted molar refractivity (Wildman–Crippen MR) is 66.5 cm³/mol. The van der Waals surface area contributed by atoms with Gasteiger partial charge in [0.15, 0.2) is 0 Å². The van der Waals surface area contributed by atoms with Gasteiger partial charge in [0.25, 0.3) is 0 Å². The molecule has 0 aromatic heterocycles. The number of amides is 1. The first kappa shape index (κ1) is 10.8. The van der Waals surface area contributed by atoms with Crippen molar-refractivity contribution in [2.24, 2.45) is 11.7 Å². The van der Waals surface area contributed by atoms with Crippen LogP contribution in [0, 0.1) is 12.8 Å². The number of rotatable bonds is 3. The van der Waals surface area contributed by atoms with Crippen LogP contribution in [0.15, 0.2) is 24.3 Å². The summed E-state index contributed by atoms with van der Waals surface area (Å²) >= 11 is 0. The summed E-state index contributed by atoms with van der Waals surface area (Å²) in [5.74, 6) is 0.432. The van der Waals surface area contributed by atoms with Crippen LogP contribution >= 0.6 is 0 Å². The molecule has 0 spiro atoms. The van der Waals surface area contributed by atoms with Crippen LogP contribution in [0.5, 0.6) is 0 Å². The molecule has 1 amide bonds. The summed E-state index contributed by atoms with van der Waals surface area (Å²) in [5, 5.41) is 3.43. The monoisotopic (exact) mass is 230 g/mol. The lowest BCUT2D eigenvalue weighted by Gasteiger charge is -2.17. The molecule has 0 radical (unpaired) electrons. The number of aryl methyl sites for hydroxylation is 1. The van der Waals surface area contributed by atoms with Crippen molar-refractivity contribution >= 4 is 5.91 Å². The lowest BCUT2D eigenvalue weighted by Crippen LogP contribution is -2.44. The second kappa shape index (κ2) is 3.57. The molecule has 1 saturated carbocycles. The maximum atomic E-state index is 11.2. The molecule has 2 fully saturated rings. The van der Waals surface area contributed by atoms with Crippen molar-refractivity contribution in [3.63, 3.8) is 0 Å². The number of hydrogen-bond donors (Lipinski definition) is 2. The van der Waals surface area contributed by atoms with Gasteiger partial charge in [-0.25, -0.2) is 0 Å². The van der Waals surface area contributed by atoms with Gasteiger partial charge in [0.2, 0.25) is 5.91 Å². The number of carbonyl (C=O) groups excluding carboxylic acids is 1. The average molecular weight is 230 g/mol. The number of hydrogen-bond acceptors (Lipinski definition) is 2. The van der Waals surface area contributed by atoms with Crippen molar-refractivity contribution in [3.8, 4) is 0 Å². The Hall–Kier alpha value is -1.35. The number of nitrogens with one attached hydrogen (secondary N) is 1. The molecule has 3 unspecified atom stereocenters. The number of piperidine rings is 1. The molecular formula is C14H18N2O. The molecule has 90 valence electrons. The van der Waals surface area contributed by atoms with E-state index in [2.05, 4.69) is 36.5 Å². The summed E-state index contributed by atoms with van der Waals surface area (Å²) in [6.07, 6.45) is 3.12. The molecule has 3 rings (SSSR count). The zero-order valence-corrected chi connectivity index (χ0v) is 10.1. The Morgan fingerprint density at radius 3 is 2.76 bits per heavy atom. The summed E-state index contributed by atoms with van der Waals surface area (Å²) in [4.78, 5) is 11.2. The fraction of sp³-hybridized carbons (Fsp3) is 0.500. The third-order valence-electron chi connectivity index (χ3n) is 4.20. The molecule has 3 nitrogen and oxygen atoms in total. The molecule has 1 aliphatic carbocycles. The van der Waals surface area contributed by atoms with Gasteiger partial charge in [-0.3, -0.25) is 10.1 Å². The molecule has 3 heteroatoms. The SMILES string of the molecule is Cc1ccc(CC23CC2CC(C(N)=O)N3)cc1. The zero-order valence-electron chi connectivity index (χ0n) is 10.1. The Balaban J connectivity index is 1.71. The van der Waals surface area contributed by atoms with Gasteiger partial charge in [0.1, 0.15) is 0 Å². The van der Waals surface area contributed by atoms with E-state index in [0.29, 0.717) is 5.92 Å². The van der Waals surface area contributed by atoms with Crippen LogP contribution in [0.4, 0.5) is 0 Å². The molecule has 2 aliphatic rings. The van der Waals surface area contributed by atoms with Gasteiger partial charge >= 0.3 is 0 Å². The average Bonchev–Trinajstić information content (AvgIpc) is 2.83. The molecule has 1 aromatic carbocycles. The quantitative estimate of drug-likeness (QED) is 0.818. The number of fused-ring (bicyclic) bond motifs is 1. The van der Waals surface area contributed by atoms with Gasteiger partial charge in [-0.15, -0.1) is 0 Å². The Bertz CT molecular complexity index is 454. The third-order valence-corrected chi connectivity index (χ3v) is 4.20. The standard InChI is InChI=1S/C14H18N2O/c1-9-2-4-10(5-3-9)7-14-8-11(14)6-12(16-14)13(15)17/h2-5,11-12,16H,6-8H2,1H3,(H2,15,17). The second-order valence-electron chi connectivity index (χ2n) is 5.55. The maximum absolute atomic E-state index is 11.2. The third kappa shape index (κ3) is 1.84. The topological polar surface area (TPSA) is 55.1 Å². The van der Waals surface area contributed by atoms with Crippen LogP contribution < -0.4 is 11.1 Å². The molecule has 1 heterocycles. The Morgan fingerprint density at radius 1 is 1.47 bits per heavy atom. The highest BCUT2D eigenvalue weighted by molar-refractivity contribution is 5.80. The number of benzene rings is 1. The summed E-state index contributed by atoms with van der Waals surface area (Å²) < 4.78 is 0. The van der Waals surface area contributed by atoms with Crippen LogP contribution in [0.2, 0.25) is 0 Å². The largest absolute Gasteiger partial charge is 0.368 e. The molecule has 1 saturated heterocycles. The van der Waals surface area contributed by atoms with E-state index < -0.39 is 0 Å². The highest BCUT2D eigenvalue weighted by Gasteiger charge is 2.60. The number of nitrogens with two attached hydrogens (primary N) is 1. The normalized spacial score (nSPS) is 34.4. The van der Waals surface area contributed by atoms with E-state index in [0.717, 1.165) is 12.8 Å². The first-order valence-electron chi connectivity index (χ1n) is 6.22. The Labute approximate surface area is 101 Å². The lowest BCUT2D eigenvalue weighted by molar-refractivity contribution is -0.120. The van der Waals surface area contributed by atoms with Gasteiger partial charge in [-0.05, 0) is 37.7 Å². The van der Waals surface area contributed by atoms with Gasteiger partial charge < -0.3 is 5.73 Å². The van der Waals surface area contributed by atoms with Crippen LogP contribution in [-0.4, -0.2) is 17.5 Å². The first-order valence-corrected chi connectivity index (χ1v) is 6.22. The van der Waals surface area contributed by atoms with E-state index in [4.69, 9.17) is 5.73 Å². The summed E-state index contributed by atoms with van der Waals surface area (Å²) in [7, 11) is 0. The minimum absolute atomic E-state index is 0.112. The molecule has 3 N–H and O–H groups in total. The maximum Gasteiger partial charge on any atom is 0.234 e. The highest BCUT2D eigenvalue weighted by atomic mass is 16.1. The Kier molecular flexibility index (Phi) is 2.26. The zero-order chi connectivity index (χ0) is 12.0. The molecule has 1 aliphatic heterocycles. The Morgan fingerprint density at radius 2 is 2.18 bits per heavy atom. The summed E-state index contributed by atoms with van der Waals surface area (Å²) in [6, 6.07) is 8.53. The molecule has 0 bridgehead atoms. The fourth-order valence-electron chi connectivity index (χ4n) is 3.08. The van der Waals surface area contributed by atoms with Crippen LogP contribution in [-0.2, 0) is 11.2 Å². The smallest absolute Gasteiger partial charge is 0.234 e. The minimum atomic E-state index is -0.208. The van der Waals surface area contributed by atoms with Crippen molar-refractivity contribution in [2.75, 3.05) is 0 Å². The first-order chi connectivity index (χ1) is 8.09. The number of primary amides is 1. The van der Waals surface area contributed by atoms with E-state index in [1.165, 1.54) is 17.5 Å².